The highest BCUT2D eigenvalue weighted by Gasteiger charge is 2.55. The number of hydrogen-bond donors (Lipinski definition) is 2. The average molecular weight is 600 g/mol. The van der Waals surface area contributed by atoms with Crippen molar-refractivity contribution in [3.8, 4) is 11.3 Å². The van der Waals surface area contributed by atoms with Gasteiger partial charge in [0.25, 0.3) is 11.8 Å². The van der Waals surface area contributed by atoms with Gasteiger partial charge in [-0.15, -0.1) is 0 Å². The second-order valence-electron chi connectivity index (χ2n) is 13.6. The van der Waals surface area contributed by atoms with E-state index in [1.165, 1.54) is 4.90 Å². The topological polar surface area (TPSA) is 108 Å². The molecule has 42 heavy (non-hydrogen) atoms. The number of urea groups is 1. The third-order valence-corrected chi connectivity index (χ3v) is 14.6. The highest BCUT2D eigenvalue weighted by molar-refractivity contribution is 6.74. The molecule has 0 unspecified atom stereocenters. The number of hydrogen-bond acceptors (Lipinski definition) is 7. The number of nitrogens with zero attached hydrogens (tertiary/aromatic N) is 4. The minimum Gasteiger partial charge on any atom is -0.415 e. The molecule has 0 bridgehead atoms. The SMILES string of the molecule is C[C@H]1[C@H](O)CN1c1nc(-c2ccc3c(c2)CC[C@]32NC(=O)N(CCO[Si](C)(C)C(C)(C)C)C2=O)c2c(n1)C(F)(F)CC2. The van der Waals surface area contributed by atoms with Crippen molar-refractivity contribution in [3.63, 3.8) is 0 Å². The Hall–Kier alpha value is -2.96. The summed E-state index contributed by atoms with van der Waals surface area (Å²) in [6.45, 7) is 13.3. The maximum atomic E-state index is 14.9. The number of rotatable bonds is 6. The number of aliphatic hydroxyl groups is 1. The lowest BCUT2D eigenvalue weighted by molar-refractivity contribution is -0.131. The number of aryl methyl sites for hydroxylation is 1. The maximum Gasteiger partial charge on any atom is 0.325 e. The number of carbonyl (C=O) groups excluding carboxylic acids is 2. The molecule has 0 saturated carbocycles. The highest BCUT2D eigenvalue weighted by atomic mass is 28.4. The molecule has 12 heteroatoms. The Kier molecular flexibility index (Phi) is 6.60. The van der Waals surface area contributed by atoms with Crippen LogP contribution in [-0.2, 0) is 33.5 Å². The molecule has 3 atom stereocenters. The Morgan fingerprint density at radius 3 is 2.57 bits per heavy atom. The first kappa shape index (κ1) is 29.1. The number of aromatic nitrogens is 2. The molecular formula is C30H39F2N5O4Si. The highest BCUT2D eigenvalue weighted by Crippen LogP contribution is 2.47. The first-order chi connectivity index (χ1) is 19.6. The number of benzene rings is 1. The summed E-state index contributed by atoms with van der Waals surface area (Å²) >= 11 is 0. The summed E-state index contributed by atoms with van der Waals surface area (Å²) in [6, 6.07) is 4.83. The molecule has 1 aromatic heterocycles. The zero-order chi connectivity index (χ0) is 30.4. The predicted octanol–water partition coefficient (Wildman–Crippen LogP) is 4.47. The number of halogens is 2. The Balaban J connectivity index is 1.28. The van der Waals surface area contributed by atoms with Crippen LogP contribution in [0.3, 0.4) is 0 Å². The van der Waals surface area contributed by atoms with Gasteiger partial charge in [-0.25, -0.2) is 14.8 Å². The fraction of sp³-hybridized carbons (Fsp3) is 0.600. The van der Waals surface area contributed by atoms with E-state index in [1.54, 1.807) is 11.0 Å². The van der Waals surface area contributed by atoms with Crippen molar-refractivity contribution in [3.05, 3.63) is 40.6 Å². The third kappa shape index (κ3) is 4.36. The molecule has 3 amide bonds. The van der Waals surface area contributed by atoms with Crippen LogP contribution in [-0.4, -0.2) is 72.1 Å². The van der Waals surface area contributed by atoms with Gasteiger partial charge >= 0.3 is 6.03 Å². The number of nitrogens with one attached hydrogen (secondary N) is 1. The molecule has 226 valence electrons. The Morgan fingerprint density at radius 1 is 1.17 bits per heavy atom. The second kappa shape index (κ2) is 9.52. The summed E-state index contributed by atoms with van der Waals surface area (Å²) in [5, 5.41) is 13.0. The zero-order valence-corrected chi connectivity index (χ0v) is 26.1. The molecule has 2 N–H and O–H groups in total. The van der Waals surface area contributed by atoms with E-state index >= 15 is 0 Å². The fourth-order valence-electron chi connectivity index (χ4n) is 6.24. The first-order valence-corrected chi connectivity index (χ1v) is 17.6. The van der Waals surface area contributed by atoms with Crippen molar-refractivity contribution in [1.29, 1.82) is 0 Å². The van der Waals surface area contributed by atoms with Crippen LogP contribution in [0.5, 0.6) is 0 Å². The molecule has 9 nitrogen and oxygen atoms in total. The lowest BCUT2D eigenvalue weighted by Crippen LogP contribution is -2.59. The first-order valence-electron chi connectivity index (χ1n) is 14.7. The van der Waals surface area contributed by atoms with E-state index in [9.17, 15) is 23.5 Å². The van der Waals surface area contributed by atoms with Crippen LogP contribution in [0.4, 0.5) is 19.5 Å². The third-order valence-electron chi connectivity index (χ3n) is 10.1. The Labute approximate surface area is 245 Å². The van der Waals surface area contributed by atoms with Crippen LogP contribution in [0, 0.1) is 0 Å². The van der Waals surface area contributed by atoms with Crippen molar-refractivity contribution in [2.45, 2.75) is 95.1 Å². The summed E-state index contributed by atoms with van der Waals surface area (Å²) in [5.41, 5.74) is 1.78. The molecule has 2 aliphatic carbocycles. The largest absolute Gasteiger partial charge is 0.415 e. The van der Waals surface area contributed by atoms with Crippen LogP contribution < -0.4 is 10.2 Å². The van der Waals surface area contributed by atoms with Gasteiger partial charge in [0.15, 0.2) is 8.32 Å². The van der Waals surface area contributed by atoms with Crippen molar-refractivity contribution >= 4 is 26.2 Å². The van der Waals surface area contributed by atoms with E-state index in [1.807, 2.05) is 19.1 Å². The normalized spacial score (nSPS) is 26.5. The van der Waals surface area contributed by atoms with Crippen LogP contribution in [0.25, 0.3) is 11.3 Å². The smallest absolute Gasteiger partial charge is 0.325 e. The zero-order valence-electron chi connectivity index (χ0n) is 25.1. The lowest BCUT2D eigenvalue weighted by Gasteiger charge is -2.43. The van der Waals surface area contributed by atoms with Crippen LogP contribution >= 0.6 is 0 Å². The lowest BCUT2D eigenvalue weighted by atomic mass is 9.90. The predicted molar refractivity (Wildman–Crippen MR) is 156 cm³/mol. The molecule has 2 fully saturated rings. The van der Waals surface area contributed by atoms with Crippen molar-refractivity contribution < 1.29 is 27.9 Å². The number of anilines is 1. The molecule has 3 heterocycles. The number of β-amino-alcohol motifs (C(OH)–C–C–N with tert-alkyl or cyclic N) is 1. The molecule has 2 aromatic rings. The van der Waals surface area contributed by atoms with Crippen LogP contribution in [0.1, 0.15) is 62.9 Å². The maximum absolute atomic E-state index is 14.9. The number of aliphatic hydroxyl groups excluding tert-OH is 1. The van der Waals surface area contributed by atoms with Crippen molar-refractivity contribution in [2.75, 3.05) is 24.6 Å². The monoisotopic (exact) mass is 599 g/mol. The average Bonchev–Trinajstić information content (AvgIpc) is 3.52. The molecule has 0 radical (unpaired) electrons. The van der Waals surface area contributed by atoms with Crippen molar-refractivity contribution in [2.24, 2.45) is 0 Å². The van der Waals surface area contributed by atoms with Gasteiger partial charge in [0.2, 0.25) is 5.95 Å². The second-order valence-corrected chi connectivity index (χ2v) is 18.4. The van der Waals surface area contributed by atoms with Gasteiger partial charge in [-0.2, -0.15) is 8.78 Å². The standard InChI is InChI=1S/C30H39F2N5O4Si/c1-17-22(38)16-37(17)26-33-23(20-10-12-30(31,32)24(20)34-26)19-7-8-21-18(15-19)9-11-29(21)25(39)36(27(40)35-29)13-14-41-42(5,6)28(2,3)4/h7-8,15,17,22,38H,9-14,16H2,1-6H3,(H,35,40)/t17-,22+,29-/m0/s1. The number of alkyl halides is 2. The molecule has 1 aromatic carbocycles. The Bertz CT molecular complexity index is 1480. The van der Waals surface area contributed by atoms with Crippen LogP contribution in [0.15, 0.2) is 18.2 Å². The van der Waals surface area contributed by atoms with Gasteiger partial charge in [-0.05, 0) is 61.5 Å². The summed E-state index contributed by atoms with van der Waals surface area (Å²) in [7, 11) is -2.03. The number of imide groups is 1. The summed E-state index contributed by atoms with van der Waals surface area (Å²) in [6.07, 6.45) is 0.256. The molecule has 2 saturated heterocycles. The minimum absolute atomic E-state index is 0.0167. The van der Waals surface area contributed by atoms with E-state index < -0.39 is 31.9 Å². The molecule has 4 aliphatic rings. The molecule has 1 spiro atoms. The number of amides is 3. The molecule has 6 rings (SSSR count). The summed E-state index contributed by atoms with van der Waals surface area (Å²) < 4.78 is 36.0. The number of carbonyl (C=O) groups is 2. The van der Waals surface area contributed by atoms with Crippen molar-refractivity contribution in [1.82, 2.24) is 20.2 Å². The van der Waals surface area contributed by atoms with Gasteiger partial charge in [-0.1, -0.05) is 32.9 Å². The van der Waals surface area contributed by atoms with Gasteiger partial charge < -0.3 is 19.7 Å². The summed E-state index contributed by atoms with van der Waals surface area (Å²) in [4.78, 5) is 38.7. The number of fused-ring (bicyclic) bond motifs is 3. The van der Waals surface area contributed by atoms with E-state index in [0.717, 1.165) is 11.1 Å². The Morgan fingerprint density at radius 2 is 1.90 bits per heavy atom. The van der Waals surface area contributed by atoms with E-state index in [2.05, 4.69) is 44.2 Å². The van der Waals surface area contributed by atoms with Gasteiger partial charge in [-0.3, -0.25) is 9.69 Å². The minimum atomic E-state index is -3.05. The molecule has 2 aliphatic heterocycles. The van der Waals surface area contributed by atoms with Gasteiger partial charge in [0.05, 0.1) is 31.0 Å². The summed E-state index contributed by atoms with van der Waals surface area (Å²) in [5.74, 6) is -3.14. The fourth-order valence-corrected chi connectivity index (χ4v) is 7.28. The van der Waals surface area contributed by atoms with E-state index in [-0.39, 0.29) is 61.2 Å². The molecular weight excluding hydrogens is 560 g/mol. The van der Waals surface area contributed by atoms with Crippen LogP contribution in [0.2, 0.25) is 18.1 Å². The van der Waals surface area contributed by atoms with Gasteiger partial charge in [0.1, 0.15) is 11.2 Å². The van der Waals surface area contributed by atoms with Gasteiger partial charge in [0, 0.05) is 24.1 Å². The quantitative estimate of drug-likeness (QED) is 0.373. The van der Waals surface area contributed by atoms with E-state index in [0.29, 0.717) is 29.7 Å². The van der Waals surface area contributed by atoms with E-state index in [4.69, 9.17) is 9.41 Å².